The van der Waals surface area contributed by atoms with Crippen molar-refractivity contribution in [2.45, 2.75) is 6.92 Å². The first-order valence-electron chi connectivity index (χ1n) is 10.8. The Balaban J connectivity index is 1.53. The molecule has 0 aliphatic rings. The molecule has 3 aromatic carbocycles. The first-order chi connectivity index (χ1) is 16.1. The number of anilines is 3. The summed E-state index contributed by atoms with van der Waals surface area (Å²) >= 11 is 0. The summed E-state index contributed by atoms with van der Waals surface area (Å²) in [6, 6.07) is 23.8. The zero-order chi connectivity index (χ0) is 23.5. The van der Waals surface area contributed by atoms with Gasteiger partial charge in [0.2, 0.25) is 5.91 Å². The van der Waals surface area contributed by atoms with Crippen LogP contribution < -0.4 is 20.3 Å². The summed E-state index contributed by atoms with van der Waals surface area (Å²) in [6.07, 6.45) is 0. The van der Waals surface area contributed by atoms with Gasteiger partial charge in [0.1, 0.15) is 12.4 Å². The summed E-state index contributed by atoms with van der Waals surface area (Å²) in [6.45, 7) is 3.56. The van der Waals surface area contributed by atoms with Gasteiger partial charge in [-0.05, 0) is 55.5 Å². The van der Waals surface area contributed by atoms with Crippen LogP contribution in [0.5, 0.6) is 5.75 Å². The number of carbonyl (C=O) groups excluding carboxylic acids is 2. The van der Waals surface area contributed by atoms with Gasteiger partial charge in [-0.2, -0.15) is 0 Å². The Morgan fingerprint density at radius 1 is 0.879 bits per heavy atom. The fraction of sp³-hybridized carbons (Fsp3) is 0.231. The van der Waals surface area contributed by atoms with E-state index < -0.39 is 0 Å². The maximum absolute atomic E-state index is 12.9. The van der Waals surface area contributed by atoms with Gasteiger partial charge in [0, 0.05) is 42.3 Å². The van der Waals surface area contributed by atoms with E-state index in [9.17, 15) is 9.59 Å². The lowest BCUT2D eigenvalue weighted by atomic mass is 10.1. The Morgan fingerprint density at radius 2 is 1.64 bits per heavy atom. The molecule has 0 aliphatic carbocycles. The Hall–Kier alpha value is -3.84. The van der Waals surface area contributed by atoms with Crippen molar-refractivity contribution in [1.29, 1.82) is 0 Å². The average Bonchev–Trinajstić information content (AvgIpc) is 2.85. The molecule has 0 aromatic heterocycles. The highest BCUT2D eigenvalue weighted by Crippen LogP contribution is 2.19. The molecule has 172 valence electrons. The molecule has 0 fully saturated rings. The van der Waals surface area contributed by atoms with Crippen molar-refractivity contribution in [3.05, 3.63) is 84.4 Å². The summed E-state index contributed by atoms with van der Waals surface area (Å²) in [5, 5.41) is 5.92. The second-order valence-electron chi connectivity index (χ2n) is 7.23. The van der Waals surface area contributed by atoms with E-state index >= 15 is 0 Å². The monoisotopic (exact) mass is 447 g/mol. The first kappa shape index (κ1) is 23.8. The number of methoxy groups -OCH3 is 1. The molecular weight excluding hydrogens is 418 g/mol. The van der Waals surface area contributed by atoms with Gasteiger partial charge in [0.25, 0.3) is 5.91 Å². The van der Waals surface area contributed by atoms with Gasteiger partial charge >= 0.3 is 0 Å². The predicted octanol–water partition coefficient (Wildman–Crippen LogP) is 4.43. The van der Waals surface area contributed by atoms with Gasteiger partial charge in [0.05, 0.1) is 13.2 Å². The molecule has 3 rings (SSSR count). The molecule has 3 aromatic rings. The van der Waals surface area contributed by atoms with Crippen LogP contribution in [0.25, 0.3) is 0 Å². The number of nitrogens with zero attached hydrogens (tertiary/aromatic N) is 1. The molecule has 0 atom stereocenters. The van der Waals surface area contributed by atoms with Crippen molar-refractivity contribution in [1.82, 2.24) is 0 Å². The average molecular weight is 448 g/mol. The van der Waals surface area contributed by atoms with Crippen LogP contribution in [0.1, 0.15) is 17.3 Å². The lowest BCUT2D eigenvalue weighted by molar-refractivity contribution is -0.114. The van der Waals surface area contributed by atoms with Crippen LogP contribution >= 0.6 is 0 Å². The second kappa shape index (κ2) is 12.3. The molecular formula is C26H29N3O4. The highest BCUT2D eigenvalue weighted by molar-refractivity contribution is 6.06. The smallest absolute Gasteiger partial charge is 0.258 e. The van der Waals surface area contributed by atoms with E-state index in [0.717, 1.165) is 11.4 Å². The van der Waals surface area contributed by atoms with Crippen LogP contribution in [0.3, 0.4) is 0 Å². The highest BCUT2D eigenvalue weighted by Gasteiger charge is 2.16. The number of para-hydroxylation sites is 1. The third-order valence-corrected chi connectivity index (χ3v) is 4.89. The molecule has 0 bridgehead atoms. The van der Waals surface area contributed by atoms with Crippen molar-refractivity contribution in [2.75, 3.05) is 48.9 Å². The normalized spacial score (nSPS) is 10.4. The number of nitrogens with one attached hydrogen (secondary N) is 2. The van der Waals surface area contributed by atoms with Crippen molar-refractivity contribution in [3.63, 3.8) is 0 Å². The van der Waals surface area contributed by atoms with Gasteiger partial charge in [-0.15, -0.1) is 0 Å². The maximum atomic E-state index is 12.9. The molecule has 7 nitrogen and oxygen atoms in total. The van der Waals surface area contributed by atoms with Crippen molar-refractivity contribution >= 4 is 28.9 Å². The van der Waals surface area contributed by atoms with Crippen LogP contribution in [0.15, 0.2) is 78.9 Å². The number of hydrogen-bond acceptors (Lipinski definition) is 5. The topological polar surface area (TPSA) is 79.9 Å². The lowest BCUT2D eigenvalue weighted by Crippen LogP contribution is -2.30. The molecule has 0 saturated heterocycles. The van der Waals surface area contributed by atoms with Crippen molar-refractivity contribution < 1.29 is 19.1 Å². The minimum Gasteiger partial charge on any atom is -0.491 e. The predicted molar refractivity (Wildman–Crippen MR) is 131 cm³/mol. The maximum Gasteiger partial charge on any atom is 0.258 e. The van der Waals surface area contributed by atoms with E-state index in [2.05, 4.69) is 10.6 Å². The molecule has 0 unspecified atom stereocenters. The van der Waals surface area contributed by atoms with Crippen LogP contribution in [-0.2, 0) is 9.53 Å². The fourth-order valence-corrected chi connectivity index (χ4v) is 3.23. The summed E-state index contributed by atoms with van der Waals surface area (Å²) < 4.78 is 10.5. The minimum atomic E-state index is -0.195. The minimum absolute atomic E-state index is 0.0872. The number of amides is 2. The zero-order valence-electron chi connectivity index (χ0n) is 18.9. The Morgan fingerprint density at radius 3 is 2.33 bits per heavy atom. The zero-order valence-corrected chi connectivity index (χ0v) is 18.9. The molecule has 2 amide bonds. The Kier molecular flexibility index (Phi) is 8.85. The SMILES string of the molecule is CCN(C(=O)c1ccc(NC(=O)CNc2cccc(OCCOC)c2)cc1)c1ccccc1. The molecule has 0 aliphatic heterocycles. The number of hydrogen-bond donors (Lipinski definition) is 2. The summed E-state index contributed by atoms with van der Waals surface area (Å²) in [7, 11) is 1.62. The molecule has 7 heteroatoms. The molecule has 2 N–H and O–H groups in total. The molecule has 0 saturated carbocycles. The summed E-state index contributed by atoms with van der Waals surface area (Å²) in [5.41, 5.74) is 2.81. The van der Waals surface area contributed by atoms with Gasteiger partial charge < -0.3 is 25.0 Å². The van der Waals surface area contributed by atoms with E-state index in [0.29, 0.717) is 36.8 Å². The second-order valence-corrected chi connectivity index (χ2v) is 7.23. The molecule has 33 heavy (non-hydrogen) atoms. The van der Waals surface area contributed by atoms with Gasteiger partial charge in [-0.1, -0.05) is 24.3 Å². The number of benzene rings is 3. The largest absolute Gasteiger partial charge is 0.491 e. The van der Waals surface area contributed by atoms with Gasteiger partial charge in [-0.3, -0.25) is 9.59 Å². The standard InChI is InChI=1S/C26H29N3O4/c1-3-29(23-9-5-4-6-10-23)26(31)20-12-14-21(15-13-20)28-25(30)19-27-22-8-7-11-24(18-22)33-17-16-32-2/h4-15,18,27H,3,16-17,19H2,1-2H3,(H,28,30). The highest BCUT2D eigenvalue weighted by atomic mass is 16.5. The quantitative estimate of drug-likeness (QED) is 0.425. The lowest BCUT2D eigenvalue weighted by Gasteiger charge is -2.21. The van der Waals surface area contributed by atoms with Gasteiger partial charge in [0.15, 0.2) is 0 Å². The number of ether oxygens (including phenoxy) is 2. The van der Waals surface area contributed by atoms with Crippen LogP contribution in [0.4, 0.5) is 17.1 Å². The molecule has 0 radical (unpaired) electrons. The summed E-state index contributed by atoms with van der Waals surface area (Å²) in [4.78, 5) is 26.9. The fourth-order valence-electron chi connectivity index (χ4n) is 3.23. The third kappa shape index (κ3) is 7.08. The molecule has 0 heterocycles. The van der Waals surface area contributed by atoms with Gasteiger partial charge in [-0.25, -0.2) is 0 Å². The van der Waals surface area contributed by atoms with E-state index in [4.69, 9.17) is 9.47 Å². The van der Waals surface area contributed by atoms with E-state index in [-0.39, 0.29) is 18.4 Å². The Bertz CT molecular complexity index is 1040. The first-order valence-corrected chi connectivity index (χ1v) is 10.8. The van der Waals surface area contributed by atoms with Crippen molar-refractivity contribution in [3.8, 4) is 5.75 Å². The Labute approximate surface area is 194 Å². The van der Waals surface area contributed by atoms with E-state index in [1.807, 2.05) is 61.5 Å². The number of rotatable bonds is 11. The van der Waals surface area contributed by atoms with Crippen LogP contribution in [0.2, 0.25) is 0 Å². The molecule has 0 spiro atoms. The van der Waals surface area contributed by atoms with E-state index in [1.165, 1.54) is 0 Å². The van der Waals surface area contributed by atoms with E-state index in [1.54, 1.807) is 36.3 Å². The number of carbonyl (C=O) groups is 2. The van der Waals surface area contributed by atoms with Crippen molar-refractivity contribution in [2.24, 2.45) is 0 Å². The summed E-state index contributed by atoms with van der Waals surface area (Å²) in [5.74, 6) is 0.421. The third-order valence-electron chi connectivity index (χ3n) is 4.89. The van der Waals surface area contributed by atoms with Crippen LogP contribution in [-0.4, -0.2) is 45.2 Å². The van der Waals surface area contributed by atoms with Crippen LogP contribution in [0, 0.1) is 0 Å².